The van der Waals surface area contributed by atoms with E-state index in [1.54, 1.807) is 12.1 Å². The number of pyridine rings is 4. The van der Waals surface area contributed by atoms with Crippen molar-refractivity contribution in [3.8, 4) is 0 Å². The molecular weight excluding hydrogens is 787 g/mol. The molecule has 302 valence electrons. The van der Waals surface area contributed by atoms with Gasteiger partial charge in [-0.2, -0.15) is 0 Å². The Morgan fingerprint density at radius 3 is 1.54 bits per heavy atom. The van der Waals surface area contributed by atoms with Gasteiger partial charge >= 0.3 is 5.97 Å². The predicted molar refractivity (Wildman–Crippen MR) is 237 cm³/mol. The Morgan fingerprint density at radius 1 is 0.610 bits per heavy atom. The van der Waals surface area contributed by atoms with E-state index in [2.05, 4.69) is 33.7 Å². The second-order valence-electron chi connectivity index (χ2n) is 15.1. The van der Waals surface area contributed by atoms with Gasteiger partial charge in [-0.25, -0.2) is 14.8 Å². The lowest BCUT2D eigenvalue weighted by molar-refractivity contribution is 0.0601. The maximum Gasteiger partial charge on any atom is 0.344 e. The topological polar surface area (TPSA) is 151 Å². The zero-order valence-corrected chi connectivity index (χ0v) is 34.6. The summed E-state index contributed by atoms with van der Waals surface area (Å²) in [5, 5.41) is 0.836. The summed E-state index contributed by atoms with van der Waals surface area (Å²) in [6.45, 7) is 7.68. The van der Waals surface area contributed by atoms with Crippen molar-refractivity contribution in [1.29, 1.82) is 0 Å². The Balaban J connectivity index is 0.000000152. The number of nitrogens with two attached hydrogens (primary N) is 1. The van der Waals surface area contributed by atoms with Crippen molar-refractivity contribution in [3.05, 3.63) is 104 Å². The first-order valence-electron chi connectivity index (χ1n) is 19.6. The quantitative estimate of drug-likeness (QED) is 0.231. The molecule has 2 aliphatic rings. The van der Waals surface area contributed by atoms with Crippen LogP contribution in [0.3, 0.4) is 0 Å². The summed E-state index contributed by atoms with van der Waals surface area (Å²) in [4.78, 5) is 71.0. The molecule has 10 rings (SSSR count). The highest BCUT2D eigenvalue weighted by Gasteiger charge is 2.25. The van der Waals surface area contributed by atoms with E-state index in [-0.39, 0.29) is 22.0 Å². The summed E-state index contributed by atoms with van der Waals surface area (Å²) in [7, 11) is 5.56. The molecule has 2 fully saturated rings. The molecular formula is C43H43N9O5S2. The molecule has 59 heavy (non-hydrogen) atoms. The van der Waals surface area contributed by atoms with Crippen molar-refractivity contribution >= 4 is 98.3 Å². The van der Waals surface area contributed by atoms with Gasteiger partial charge in [0.2, 0.25) is 10.9 Å². The molecule has 14 nitrogen and oxygen atoms in total. The van der Waals surface area contributed by atoms with E-state index < -0.39 is 11.9 Å². The number of ether oxygens (including phenoxy) is 1. The van der Waals surface area contributed by atoms with Crippen LogP contribution in [0, 0.1) is 0 Å². The van der Waals surface area contributed by atoms with Gasteiger partial charge < -0.3 is 30.1 Å². The van der Waals surface area contributed by atoms with Gasteiger partial charge in [0.25, 0.3) is 5.91 Å². The number of hydrogen-bond acceptors (Lipinski definition) is 13. The summed E-state index contributed by atoms with van der Waals surface area (Å²) in [5.41, 5.74) is 7.99. The molecule has 1 amide bonds. The molecule has 0 bridgehead atoms. The van der Waals surface area contributed by atoms with E-state index >= 15 is 0 Å². The van der Waals surface area contributed by atoms with E-state index in [1.807, 2.05) is 69.5 Å². The Bertz CT molecular complexity index is 3080. The summed E-state index contributed by atoms with van der Waals surface area (Å²) >= 11 is 2.80. The van der Waals surface area contributed by atoms with Crippen LogP contribution in [0.2, 0.25) is 0 Å². The number of benzene rings is 2. The number of methoxy groups -OCH3 is 1. The highest BCUT2D eigenvalue weighted by atomic mass is 32.1. The maximum atomic E-state index is 13.2. The van der Waals surface area contributed by atoms with Crippen molar-refractivity contribution in [3.63, 3.8) is 0 Å². The fraction of sp³-hybridized carbons (Fsp3) is 0.302. The molecule has 0 aliphatic carbocycles. The lowest BCUT2D eigenvalue weighted by Gasteiger charge is -2.22. The number of fused-ring (bicyclic) bond motifs is 10. The fourth-order valence-corrected chi connectivity index (χ4v) is 10.5. The Kier molecular flexibility index (Phi) is 10.2. The van der Waals surface area contributed by atoms with E-state index in [9.17, 15) is 19.2 Å². The minimum atomic E-state index is -0.708. The largest absolute Gasteiger partial charge is 0.465 e. The van der Waals surface area contributed by atoms with E-state index in [1.165, 1.54) is 29.8 Å². The minimum Gasteiger partial charge on any atom is -0.465 e. The Labute approximate surface area is 346 Å². The molecule has 2 N–H and O–H groups in total. The number of amides is 1. The van der Waals surface area contributed by atoms with Crippen molar-refractivity contribution < 1.29 is 14.3 Å². The van der Waals surface area contributed by atoms with Crippen LogP contribution in [-0.2, 0) is 4.74 Å². The van der Waals surface area contributed by atoms with Gasteiger partial charge in [-0.1, -0.05) is 24.3 Å². The first kappa shape index (κ1) is 38.6. The van der Waals surface area contributed by atoms with Gasteiger partial charge in [-0.05, 0) is 88.6 Å². The Morgan fingerprint density at radius 2 is 1.07 bits per heavy atom. The summed E-state index contributed by atoms with van der Waals surface area (Å²) in [5.74, 6) is 0.376. The number of carbonyl (C=O) groups is 2. The van der Waals surface area contributed by atoms with Crippen molar-refractivity contribution in [2.24, 2.45) is 5.73 Å². The van der Waals surface area contributed by atoms with Crippen molar-refractivity contribution in [1.82, 2.24) is 28.6 Å². The van der Waals surface area contributed by atoms with E-state index in [0.29, 0.717) is 31.7 Å². The number of hydrogen-bond donors (Lipinski definition) is 1. The SMILES string of the molecule is CN1CCCN(c2ccc3c(=O)c(C(N)=O)c4sc5ccccc5n4c3n2)CC1.COC(=O)c1c(=O)c2ccc(N3CCCN(C)CC3)nc2n2c1sc1ccccc12. The third kappa shape index (κ3) is 6.84. The standard InChI is InChI=1S/C22H22N4O3S.C21H21N5O2S/c1-24-10-5-11-25(13-12-24)17-9-8-14-19(27)18(22(28)29-2)21-26(20(14)23-17)15-6-3-4-7-16(15)30-21;1-24-9-4-10-25(12-11-24)16-8-7-13-18(27)17(19(22)28)21-26(20(13)23-16)14-5-2-3-6-15(14)29-21/h3-4,6-9H,5,10-13H2,1-2H3;2-3,5-8H,4,9-12H2,1H3,(H2,22,28). The third-order valence-electron chi connectivity index (χ3n) is 11.3. The summed E-state index contributed by atoms with van der Waals surface area (Å²) < 4.78 is 10.7. The van der Waals surface area contributed by atoms with Gasteiger partial charge in [0.15, 0.2) is 11.3 Å². The van der Waals surface area contributed by atoms with Crippen LogP contribution in [0.4, 0.5) is 11.6 Å². The third-order valence-corrected chi connectivity index (χ3v) is 13.6. The van der Waals surface area contributed by atoms with Crippen LogP contribution in [0.1, 0.15) is 33.6 Å². The monoisotopic (exact) mass is 829 g/mol. The molecule has 0 saturated carbocycles. The minimum absolute atomic E-state index is 0.0321. The predicted octanol–water partition coefficient (Wildman–Crippen LogP) is 5.29. The first-order valence-corrected chi connectivity index (χ1v) is 21.3. The zero-order valence-electron chi connectivity index (χ0n) is 33.0. The molecule has 2 aliphatic heterocycles. The lowest BCUT2D eigenvalue weighted by Crippen LogP contribution is -2.29. The van der Waals surface area contributed by atoms with E-state index in [4.69, 9.17) is 20.4 Å². The molecule has 0 radical (unpaired) electrons. The molecule has 8 heterocycles. The summed E-state index contributed by atoms with van der Waals surface area (Å²) in [6, 6.07) is 23.0. The number of rotatable bonds is 4. The molecule has 16 heteroatoms. The Hall–Kier alpha value is -5.94. The van der Waals surface area contributed by atoms with Gasteiger partial charge in [-0.3, -0.25) is 23.2 Å². The van der Waals surface area contributed by atoms with Gasteiger partial charge in [-0.15, -0.1) is 22.7 Å². The van der Waals surface area contributed by atoms with E-state index in [0.717, 1.165) is 97.3 Å². The van der Waals surface area contributed by atoms with Gasteiger partial charge in [0.1, 0.15) is 32.4 Å². The molecule has 2 aromatic carbocycles. The second kappa shape index (κ2) is 15.7. The smallest absolute Gasteiger partial charge is 0.344 e. The van der Waals surface area contributed by atoms with Crippen LogP contribution in [0.5, 0.6) is 0 Å². The molecule has 0 unspecified atom stereocenters. The number of anilines is 2. The van der Waals surface area contributed by atoms with Crippen LogP contribution < -0.4 is 26.4 Å². The molecule has 0 atom stereocenters. The van der Waals surface area contributed by atoms with Crippen molar-refractivity contribution in [2.75, 3.05) is 83.4 Å². The maximum absolute atomic E-state index is 13.2. The van der Waals surface area contributed by atoms with Gasteiger partial charge in [0.05, 0.1) is 38.3 Å². The number of carbonyl (C=O) groups excluding carboxylic acids is 2. The number of nitrogens with zero attached hydrogens (tertiary/aromatic N) is 8. The fourth-order valence-electron chi connectivity index (χ4n) is 8.16. The number of thiazole rings is 2. The lowest BCUT2D eigenvalue weighted by atomic mass is 10.1. The molecule has 6 aromatic heterocycles. The zero-order chi connectivity index (χ0) is 40.9. The molecule has 8 aromatic rings. The average Bonchev–Trinajstić information content (AvgIpc) is 3.63. The number of primary amides is 1. The first-order chi connectivity index (χ1) is 28.6. The van der Waals surface area contributed by atoms with Gasteiger partial charge in [0, 0.05) is 39.3 Å². The van der Waals surface area contributed by atoms with Crippen LogP contribution in [0.25, 0.3) is 52.2 Å². The molecule has 0 spiro atoms. The normalized spacial score (nSPS) is 15.8. The highest BCUT2D eigenvalue weighted by molar-refractivity contribution is 7.24. The summed E-state index contributed by atoms with van der Waals surface area (Å²) in [6.07, 6.45) is 2.13. The number of esters is 1. The number of aromatic nitrogens is 4. The van der Waals surface area contributed by atoms with Crippen molar-refractivity contribution in [2.45, 2.75) is 12.8 Å². The highest BCUT2D eigenvalue weighted by Crippen LogP contribution is 2.33. The van der Waals surface area contributed by atoms with Crippen LogP contribution >= 0.6 is 22.7 Å². The van der Waals surface area contributed by atoms with Crippen LogP contribution in [-0.4, -0.2) is 114 Å². The molecule has 2 saturated heterocycles. The van der Waals surface area contributed by atoms with Crippen LogP contribution in [0.15, 0.2) is 82.4 Å². The number of para-hydroxylation sites is 2. The second-order valence-corrected chi connectivity index (χ2v) is 17.1. The number of likely N-dealkylation sites (N-methyl/N-ethyl adjacent to an activating group) is 2. The average molecular weight is 830 g/mol.